The molecule has 108 valence electrons. The molecule has 0 spiro atoms. The van der Waals surface area contributed by atoms with E-state index in [-0.39, 0.29) is 23.4 Å². The Balaban J connectivity index is 2.10. The van der Waals surface area contributed by atoms with Gasteiger partial charge in [-0.25, -0.2) is 4.79 Å². The van der Waals surface area contributed by atoms with Crippen molar-refractivity contribution in [2.75, 3.05) is 5.32 Å². The fraction of sp³-hybridized carbons (Fsp3) is 0.467. The quantitative estimate of drug-likeness (QED) is 0.788. The molecule has 2 atom stereocenters. The summed E-state index contributed by atoms with van der Waals surface area (Å²) in [5.41, 5.74) is 7.48. The second-order valence-corrected chi connectivity index (χ2v) is 5.45. The van der Waals surface area contributed by atoms with Gasteiger partial charge in [0.25, 0.3) is 0 Å². The van der Waals surface area contributed by atoms with Crippen molar-refractivity contribution in [2.45, 2.75) is 38.6 Å². The predicted molar refractivity (Wildman–Crippen MR) is 76.7 cm³/mol. The highest BCUT2D eigenvalue weighted by Crippen LogP contribution is 2.25. The number of aromatic carboxylic acids is 1. The molecular weight excluding hydrogens is 256 g/mol. The molecule has 5 nitrogen and oxygen atoms in total. The predicted octanol–water partition coefficient (Wildman–Crippen LogP) is 2.15. The van der Waals surface area contributed by atoms with Crippen molar-refractivity contribution in [1.29, 1.82) is 0 Å². The van der Waals surface area contributed by atoms with E-state index < -0.39 is 5.97 Å². The number of carbonyl (C=O) groups excluding carboxylic acids is 1. The monoisotopic (exact) mass is 276 g/mol. The van der Waals surface area contributed by atoms with Gasteiger partial charge in [0.05, 0.1) is 5.56 Å². The van der Waals surface area contributed by atoms with Crippen molar-refractivity contribution in [3.05, 3.63) is 29.3 Å². The summed E-state index contributed by atoms with van der Waals surface area (Å²) in [5.74, 6) is -1.14. The summed E-state index contributed by atoms with van der Waals surface area (Å²) in [6.45, 7) is 1.84. The maximum atomic E-state index is 12.2. The first-order valence-electron chi connectivity index (χ1n) is 6.87. The minimum atomic E-state index is -1.000. The Kier molecular flexibility index (Phi) is 4.39. The van der Waals surface area contributed by atoms with Crippen molar-refractivity contribution in [3.8, 4) is 0 Å². The maximum Gasteiger partial charge on any atom is 0.335 e. The van der Waals surface area contributed by atoms with E-state index in [9.17, 15) is 9.59 Å². The molecule has 1 aliphatic carbocycles. The summed E-state index contributed by atoms with van der Waals surface area (Å²) in [4.78, 5) is 23.2. The van der Waals surface area contributed by atoms with Crippen LogP contribution in [-0.2, 0) is 4.79 Å². The number of anilines is 1. The first-order chi connectivity index (χ1) is 9.47. The summed E-state index contributed by atoms with van der Waals surface area (Å²) in [6, 6.07) is 4.82. The summed E-state index contributed by atoms with van der Waals surface area (Å²) in [7, 11) is 0. The highest BCUT2D eigenvalue weighted by Gasteiger charge is 2.25. The normalized spacial score (nSPS) is 22.3. The molecule has 0 bridgehead atoms. The van der Waals surface area contributed by atoms with E-state index in [1.807, 2.05) is 6.92 Å². The molecule has 1 aromatic rings. The molecule has 0 aliphatic heterocycles. The Bertz CT molecular complexity index is 528. The highest BCUT2D eigenvalue weighted by atomic mass is 16.4. The molecule has 1 fully saturated rings. The largest absolute Gasteiger partial charge is 0.478 e. The van der Waals surface area contributed by atoms with E-state index in [4.69, 9.17) is 10.8 Å². The average molecular weight is 276 g/mol. The Hall–Kier alpha value is -1.88. The number of carboxylic acids is 1. The van der Waals surface area contributed by atoms with E-state index >= 15 is 0 Å². The summed E-state index contributed by atoms with van der Waals surface area (Å²) >= 11 is 0. The van der Waals surface area contributed by atoms with Crippen LogP contribution in [0.25, 0.3) is 0 Å². The van der Waals surface area contributed by atoms with Gasteiger partial charge in [-0.15, -0.1) is 0 Å². The molecule has 1 saturated carbocycles. The second kappa shape index (κ2) is 6.05. The maximum absolute atomic E-state index is 12.2. The van der Waals surface area contributed by atoms with Gasteiger partial charge in [0, 0.05) is 17.6 Å². The third-order valence-electron chi connectivity index (χ3n) is 3.83. The first-order valence-corrected chi connectivity index (χ1v) is 6.87. The van der Waals surface area contributed by atoms with Crippen LogP contribution in [0.1, 0.15) is 41.6 Å². The van der Waals surface area contributed by atoms with Gasteiger partial charge in [-0.2, -0.15) is 0 Å². The van der Waals surface area contributed by atoms with E-state index in [1.165, 1.54) is 12.1 Å². The zero-order valence-electron chi connectivity index (χ0n) is 11.6. The first kappa shape index (κ1) is 14.5. The van der Waals surface area contributed by atoms with E-state index in [2.05, 4.69) is 5.32 Å². The molecule has 1 amide bonds. The molecule has 0 heterocycles. The number of benzene rings is 1. The van der Waals surface area contributed by atoms with Gasteiger partial charge in [-0.05, 0) is 43.9 Å². The lowest BCUT2D eigenvalue weighted by Gasteiger charge is -2.26. The number of nitrogens with one attached hydrogen (secondary N) is 1. The van der Waals surface area contributed by atoms with Gasteiger partial charge in [0.1, 0.15) is 0 Å². The number of rotatable bonds is 3. The molecule has 2 rings (SSSR count). The standard InChI is InChI=1S/C15H20N2O3/c1-9-5-6-11(15(19)20)8-13(9)17-14(18)10-3-2-4-12(16)7-10/h5-6,8,10,12H,2-4,7,16H2,1H3,(H,17,18)(H,19,20). The Morgan fingerprint density at radius 2 is 2.10 bits per heavy atom. The molecule has 0 radical (unpaired) electrons. The lowest BCUT2D eigenvalue weighted by Crippen LogP contribution is -2.34. The molecule has 1 aromatic carbocycles. The summed E-state index contributed by atoms with van der Waals surface area (Å²) < 4.78 is 0. The van der Waals surface area contributed by atoms with Gasteiger partial charge in [-0.1, -0.05) is 12.5 Å². The molecule has 1 aliphatic rings. The van der Waals surface area contributed by atoms with Crippen LogP contribution in [-0.4, -0.2) is 23.0 Å². The van der Waals surface area contributed by atoms with Crippen LogP contribution in [0.2, 0.25) is 0 Å². The summed E-state index contributed by atoms with van der Waals surface area (Å²) in [6.07, 6.45) is 3.48. The zero-order valence-corrected chi connectivity index (χ0v) is 11.6. The van der Waals surface area contributed by atoms with Gasteiger partial charge in [0.2, 0.25) is 5.91 Å². The number of hydrogen-bond donors (Lipinski definition) is 3. The SMILES string of the molecule is Cc1ccc(C(=O)O)cc1NC(=O)C1CCCC(N)C1. The molecule has 5 heteroatoms. The highest BCUT2D eigenvalue weighted by molar-refractivity contribution is 5.95. The lowest BCUT2D eigenvalue weighted by atomic mass is 9.85. The molecular formula is C15H20N2O3. The molecule has 2 unspecified atom stereocenters. The van der Waals surface area contributed by atoms with Crippen LogP contribution in [0, 0.1) is 12.8 Å². The number of carbonyl (C=O) groups is 2. The molecule has 20 heavy (non-hydrogen) atoms. The number of amides is 1. The Morgan fingerprint density at radius 1 is 1.35 bits per heavy atom. The van der Waals surface area contributed by atoms with Crippen LogP contribution < -0.4 is 11.1 Å². The fourth-order valence-electron chi connectivity index (χ4n) is 2.59. The zero-order chi connectivity index (χ0) is 14.7. The van der Waals surface area contributed by atoms with Gasteiger partial charge in [-0.3, -0.25) is 4.79 Å². The second-order valence-electron chi connectivity index (χ2n) is 5.45. The van der Waals surface area contributed by atoms with Crippen LogP contribution >= 0.6 is 0 Å². The van der Waals surface area contributed by atoms with Crippen LogP contribution in [0.4, 0.5) is 5.69 Å². The van der Waals surface area contributed by atoms with Crippen molar-refractivity contribution in [3.63, 3.8) is 0 Å². The number of hydrogen-bond acceptors (Lipinski definition) is 3. The smallest absolute Gasteiger partial charge is 0.335 e. The van der Waals surface area contributed by atoms with Gasteiger partial charge < -0.3 is 16.2 Å². The topological polar surface area (TPSA) is 92.4 Å². The lowest BCUT2D eigenvalue weighted by molar-refractivity contribution is -0.120. The molecule has 4 N–H and O–H groups in total. The van der Waals surface area contributed by atoms with Crippen LogP contribution in [0.5, 0.6) is 0 Å². The van der Waals surface area contributed by atoms with E-state index in [1.54, 1.807) is 6.07 Å². The van der Waals surface area contributed by atoms with Crippen LogP contribution in [0.3, 0.4) is 0 Å². The van der Waals surface area contributed by atoms with Gasteiger partial charge in [0.15, 0.2) is 0 Å². The molecule has 0 aromatic heterocycles. The number of aryl methyl sites for hydroxylation is 1. The van der Waals surface area contributed by atoms with Crippen molar-refractivity contribution >= 4 is 17.6 Å². The third kappa shape index (κ3) is 3.36. The minimum absolute atomic E-state index is 0.0641. The van der Waals surface area contributed by atoms with Crippen LogP contribution in [0.15, 0.2) is 18.2 Å². The minimum Gasteiger partial charge on any atom is -0.478 e. The third-order valence-corrected chi connectivity index (χ3v) is 3.83. The van der Waals surface area contributed by atoms with Crippen molar-refractivity contribution < 1.29 is 14.7 Å². The average Bonchev–Trinajstić information content (AvgIpc) is 2.41. The van der Waals surface area contributed by atoms with Crippen molar-refractivity contribution in [2.24, 2.45) is 11.7 Å². The van der Waals surface area contributed by atoms with E-state index in [0.29, 0.717) is 12.1 Å². The number of carboxylic acid groups (broad SMARTS) is 1. The Morgan fingerprint density at radius 3 is 2.75 bits per heavy atom. The fourth-order valence-corrected chi connectivity index (χ4v) is 2.59. The number of nitrogens with two attached hydrogens (primary N) is 1. The Labute approximate surface area is 118 Å². The van der Waals surface area contributed by atoms with E-state index in [0.717, 1.165) is 24.8 Å². The summed E-state index contributed by atoms with van der Waals surface area (Å²) in [5, 5.41) is 11.8. The molecule has 0 saturated heterocycles. The van der Waals surface area contributed by atoms with Gasteiger partial charge >= 0.3 is 5.97 Å². The van der Waals surface area contributed by atoms with Crippen molar-refractivity contribution in [1.82, 2.24) is 0 Å².